The minimum atomic E-state index is -0.559. The van der Waals surface area contributed by atoms with Crippen molar-refractivity contribution in [3.05, 3.63) is 70.3 Å². The summed E-state index contributed by atoms with van der Waals surface area (Å²) in [5, 5.41) is 11.9. The van der Waals surface area contributed by atoms with Crippen molar-refractivity contribution < 1.29 is 19.4 Å². The molecule has 2 aromatic carbocycles. The average molecular weight is 367 g/mol. The summed E-state index contributed by atoms with van der Waals surface area (Å²) in [5.41, 5.74) is 4.91. The number of esters is 1. The first-order chi connectivity index (χ1) is 13.1. The highest BCUT2D eigenvalue weighted by Crippen LogP contribution is 2.24. The molecule has 3 rings (SSSR count). The van der Waals surface area contributed by atoms with E-state index in [0.29, 0.717) is 11.1 Å². The van der Waals surface area contributed by atoms with Crippen molar-refractivity contribution in [1.82, 2.24) is 5.32 Å². The third kappa shape index (κ3) is 4.95. The molecule has 0 saturated carbocycles. The van der Waals surface area contributed by atoms with Crippen LogP contribution < -0.4 is 5.32 Å². The molecule has 5 nitrogen and oxygen atoms in total. The van der Waals surface area contributed by atoms with Crippen LogP contribution in [-0.2, 0) is 29.0 Å². The van der Waals surface area contributed by atoms with Gasteiger partial charge < -0.3 is 15.2 Å². The maximum atomic E-state index is 12.1. The molecule has 0 radical (unpaired) electrons. The third-order valence-corrected chi connectivity index (χ3v) is 4.96. The van der Waals surface area contributed by atoms with Crippen LogP contribution in [0.1, 0.15) is 58.4 Å². The fourth-order valence-corrected chi connectivity index (χ4v) is 3.35. The standard InChI is InChI=1S/C22H25NO4/c1-15(19-11-10-17-4-2-3-5-20(17)12-19)23-21(25)14-27-22(26)18-8-6-16(13-24)7-9-18/h6-12,15,24H,2-5,13-14H2,1H3,(H,23,25)/t15-/m1/s1. The van der Waals surface area contributed by atoms with Crippen molar-refractivity contribution in [3.63, 3.8) is 0 Å². The molecule has 1 atom stereocenters. The van der Waals surface area contributed by atoms with Crippen LogP contribution in [0.2, 0.25) is 0 Å². The summed E-state index contributed by atoms with van der Waals surface area (Å²) in [5.74, 6) is -0.892. The lowest BCUT2D eigenvalue weighted by atomic mass is 9.89. The zero-order chi connectivity index (χ0) is 19.2. The maximum Gasteiger partial charge on any atom is 0.338 e. The summed E-state index contributed by atoms with van der Waals surface area (Å²) in [6, 6.07) is 12.7. The highest BCUT2D eigenvalue weighted by Gasteiger charge is 2.15. The summed E-state index contributed by atoms with van der Waals surface area (Å²) in [7, 11) is 0. The third-order valence-electron chi connectivity index (χ3n) is 4.96. The Kier molecular flexibility index (Phi) is 6.24. The number of ether oxygens (including phenoxy) is 1. The van der Waals surface area contributed by atoms with Crippen LogP contribution in [0.15, 0.2) is 42.5 Å². The van der Waals surface area contributed by atoms with E-state index in [2.05, 4.69) is 23.5 Å². The number of nitrogens with one attached hydrogen (secondary N) is 1. The van der Waals surface area contributed by atoms with Crippen LogP contribution >= 0.6 is 0 Å². The molecule has 0 saturated heterocycles. The Hall–Kier alpha value is -2.66. The number of rotatable bonds is 6. The number of hydrogen-bond donors (Lipinski definition) is 2. The Balaban J connectivity index is 1.51. The van der Waals surface area contributed by atoms with E-state index in [4.69, 9.17) is 9.84 Å². The van der Waals surface area contributed by atoms with Crippen LogP contribution in [0, 0.1) is 0 Å². The largest absolute Gasteiger partial charge is 0.452 e. The maximum absolute atomic E-state index is 12.1. The molecule has 0 bridgehead atoms. The average Bonchev–Trinajstić information content (AvgIpc) is 2.71. The van der Waals surface area contributed by atoms with Gasteiger partial charge >= 0.3 is 5.97 Å². The SMILES string of the molecule is C[C@@H](NC(=O)COC(=O)c1ccc(CO)cc1)c1ccc2c(c1)CCCC2. The summed E-state index contributed by atoms with van der Waals surface area (Å²) in [6.07, 6.45) is 4.68. The van der Waals surface area contributed by atoms with Gasteiger partial charge in [-0.1, -0.05) is 30.3 Å². The quantitative estimate of drug-likeness (QED) is 0.770. The molecular weight excluding hydrogens is 342 g/mol. The fraction of sp³-hybridized carbons (Fsp3) is 0.364. The van der Waals surface area contributed by atoms with Crippen molar-refractivity contribution in [3.8, 4) is 0 Å². The molecule has 1 aliphatic carbocycles. The Morgan fingerprint density at radius 3 is 2.48 bits per heavy atom. The second kappa shape index (κ2) is 8.82. The predicted octanol–water partition coefficient (Wildman–Crippen LogP) is 3.09. The van der Waals surface area contributed by atoms with Gasteiger partial charge in [-0.25, -0.2) is 4.79 Å². The zero-order valence-electron chi connectivity index (χ0n) is 15.5. The summed E-state index contributed by atoms with van der Waals surface area (Å²) < 4.78 is 5.08. The molecule has 1 amide bonds. The molecular formula is C22H25NO4. The van der Waals surface area contributed by atoms with Gasteiger partial charge in [0.15, 0.2) is 6.61 Å². The van der Waals surface area contributed by atoms with E-state index in [-0.39, 0.29) is 25.2 Å². The van der Waals surface area contributed by atoms with Crippen LogP contribution in [-0.4, -0.2) is 23.6 Å². The van der Waals surface area contributed by atoms with Gasteiger partial charge in [-0.15, -0.1) is 0 Å². The Morgan fingerprint density at radius 2 is 1.78 bits per heavy atom. The zero-order valence-corrected chi connectivity index (χ0v) is 15.5. The molecule has 1 aliphatic rings. The van der Waals surface area contributed by atoms with E-state index < -0.39 is 5.97 Å². The summed E-state index contributed by atoms with van der Waals surface area (Å²) in [6.45, 7) is 1.52. The first-order valence-corrected chi connectivity index (χ1v) is 9.35. The first kappa shape index (κ1) is 19.1. The predicted molar refractivity (Wildman–Crippen MR) is 102 cm³/mol. The minimum absolute atomic E-state index is 0.0850. The molecule has 2 aromatic rings. The van der Waals surface area contributed by atoms with E-state index in [1.165, 1.54) is 24.0 Å². The number of aliphatic hydroxyl groups is 1. The second-order valence-electron chi connectivity index (χ2n) is 6.96. The molecule has 5 heteroatoms. The molecule has 0 unspecified atom stereocenters. The Morgan fingerprint density at radius 1 is 1.07 bits per heavy atom. The van der Waals surface area contributed by atoms with Crippen LogP contribution in [0.4, 0.5) is 0 Å². The lowest BCUT2D eigenvalue weighted by Gasteiger charge is -2.20. The van der Waals surface area contributed by atoms with Crippen LogP contribution in [0.3, 0.4) is 0 Å². The lowest BCUT2D eigenvalue weighted by Crippen LogP contribution is -2.31. The van der Waals surface area contributed by atoms with Gasteiger partial charge in [0.1, 0.15) is 0 Å². The number of aryl methyl sites for hydroxylation is 2. The molecule has 142 valence electrons. The van der Waals surface area contributed by atoms with Crippen molar-refractivity contribution in [2.24, 2.45) is 0 Å². The van der Waals surface area contributed by atoms with E-state index in [0.717, 1.165) is 18.4 Å². The van der Waals surface area contributed by atoms with Gasteiger partial charge in [-0.3, -0.25) is 4.79 Å². The molecule has 2 N–H and O–H groups in total. The number of hydrogen-bond acceptors (Lipinski definition) is 4. The number of aliphatic hydroxyl groups excluding tert-OH is 1. The Labute approximate surface area is 159 Å². The molecule has 0 aliphatic heterocycles. The summed E-state index contributed by atoms with van der Waals surface area (Å²) >= 11 is 0. The van der Waals surface area contributed by atoms with Gasteiger partial charge in [-0.2, -0.15) is 0 Å². The molecule has 0 heterocycles. The number of fused-ring (bicyclic) bond motifs is 1. The van der Waals surface area contributed by atoms with Gasteiger partial charge in [0.2, 0.25) is 0 Å². The van der Waals surface area contributed by atoms with Gasteiger partial charge in [0.05, 0.1) is 18.2 Å². The molecule has 0 spiro atoms. The molecule has 0 fully saturated rings. The van der Waals surface area contributed by atoms with E-state index >= 15 is 0 Å². The van der Waals surface area contributed by atoms with E-state index in [1.807, 2.05) is 6.92 Å². The fourth-order valence-electron chi connectivity index (χ4n) is 3.35. The molecule has 0 aromatic heterocycles. The van der Waals surface area contributed by atoms with Gasteiger partial charge in [0.25, 0.3) is 5.91 Å². The van der Waals surface area contributed by atoms with Crippen LogP contribution in [0.5, 0.6) is 0 Å². The smallest absolute Gasteiger partial charge is 0.338 e. The minimum Gasteiger partial charge on any atom is -0.452 e. The summed E-state index contributed by atoms with van der Waals surface area (Å²) in [4.78, 5) is 24.1. The van der Waals surface area contributed by atoms with Gasteiger partial charge in [0, 0.05) is 0 Å². The number of carbonyl (C=O) groups excluding carboxylic acids is 2. The van der Waals surface area contributed by atoms with Crippen molar-refractivity contribution in [2.45, 2.75) is 45.3 Å². The first-order valence-electron chi connectivity index (χ1n) is 9.35. The Bertz CT molecular complexity index is 814. The van der Waals surface area contributed by atoms with Gasteiger partial charge in [-0.05, 0) is 67.0 Å². The van der Waals surface area contributed by atoms with E-state index in [1.54, 1.807) is 24.3 Å². The number of carbonyl (C=O) groups is 2. The van der Waals surface area contributed by atoms with Crippen molar-refractivity contribution >= 4 is 11.9 Å². The number of benzene rings is 2. The normalized spacial score (nSPS) is 14.1. The molecule has 27 heavy (non-hydrogen) atoms. The highest BCUT2D eigenvalue weighted by atomic mass is 16.5. The van der Waals surface area contributed by atoms with E-state index in [9.17, 15) is 9.59 Å². The highest BCUT2D eigenvalue weighted by molar-refractivity contribution is 5.91. The van der Waals surface area contributed by atoms with Crippen LogP contribution in [0.25, 0.3) is 0 Å². The van der Waals surface area contributed by atoms with Crippen molar-refractivity contribution in [1.29, 1.82) is 0 Å². The topological polar surface area (TPSA) is 75.6 Å². The van der Waals surface area contributed by atoms with Crippen molar-refractivity contribution in [2.75, 3.05) is 6.61 Å². The second-order valence-corrected chi connectivity index (χ2v) is 6.96. The number of amides is 1. The lowest BCUT2D eigenvalue weighted by molar-refractivity contribution is -0.124. The monoisotopic (exact) mass is 367 g/mol.